The molecule has 0 aliphatic heterocycles. The first-order valence-corrected chi connectivity index (χ1v) is 7.44. The van der Waals surface area contributed by atoms with Gasteiger partial charge in [-0.3, -0.25) is 0 Å². The Labute approximate surface area is 132 Å². The maximum Gasteiger partial charge on any atom is 0.343 e. The summed E-state index contributed by atoms with van der Waals surface area (Å²) in [6.07, 6.45) is 0.334. The summed E-state index contributed by atoms with van der Waals surface area (Å²) in [6, 6.07) is 21.0. The maximum absolute atomic E-state index is 12.3. The van der Waals surface area contributed by atoms with Gasteiger partial charge in [-0.05, 0) is 28.5 Å². The second-order valence-electron chi connectivity index (χ2n) is 5.53. The molecule has 0 unspecified atom stereocenters. The summed E-state index contributed by atoms with van der Waals surface area (Å²) in [7, 11) is 0. The number of fused-ring (bicyclic) bond motifs is 2. The van der Waals surface area contributed by atoms with E-state index in [4.69, 9.17) is 4.42 Å². The van der Waals surface area contributed by atoms with E-state index in [1.807, 2.05) is 48.5 Å². The van der Waals surface area contributed by atoms with Gasteiger partial charge in [-0.2, -0.15) is 0 Å². The first-order chi connectivity index (χ1) is 11.2. The second-order valence-corrected chi connectivity index (χ2v) is 5.53. The monoisotopic (exact) mass is 302 g/mol. The number of benzene rings is 3. The lowest BCUT2D eigenvalue weighted by Crippen LogP contribution is -2.08. The standard InChI is InChI=1S/C20H14O3/c21-19-16-10-3-4-11-18(16)23-20(22)17(19)12-14-8-5-7-13-6-1-2-9-15(13)14/h1-11,21H,12H2. The molecule has 0 aliphatic rings. The van der Waals surface area contributed by atoms with Crippen molar-refractivity contribution in [1.82, 2.24) is 0 Å². The van der Waals surface area contributed by atoms with Crippen molar-refractivity contribution < 1.29 is 9.52 Å². The van der Waals surface area contributed by atoms with Crippen LogP contribution < -0.4 is 5.63 Å². The molecule has 4 aromatic rings. The average Bonchev–Trinajstić information content (AvgIpc) is 2.59. The first kappa shape index (κ1) is 13.6. The van der Waals surface area contributed by atoms with E-state index in [-0.39, 0.29) is 5.75 Å². The number of rotatable bonds is 2. The van der Waals surface area contributed by atoms with Gasteiger partial charge < -0.3 is 9.52 Å². The summed E-state index contributed by atoms with van der Waals surface area (Å²) in [5.41, 5.74) is 1.19. The Bertz CT molecular complexity index is 1070. The van der Waals surface area contributed by atoms with Crippen molar-refractivity contribution >= 4 is 21.7 Å². The molecule has 1 heterocycles. The third kappa shape index (κ3) is 2.27. The predicted octanol–water partition coefficient (Wildman–Crippen LogP) is 4.24. The number of aromatic hydroxyl groups is 1. The van der Waals surface area contributed by atoms with E-state index in [1.54, 1.807) is 18.2 Å². The quantitative estimate of drug-likeness (QED) is 0.563. The van der Waals surface area contributed by atoms with Gasteiger partial charge in [0.15, 0.2) is 0 Å². The number of hydrogen-bond donors (Lipinski definition) is 1. The van der Waals surface area contributed by atoms with Crippen LogP contribution in [0.4, 0.5) is 0 Å². The van der Waals surface area contributed by atoms with Crippen LogP contribution >= 0.6 is 0 Å². The van der Waals surface area contributed by atoms with Crippen LogP contribution in [0.15, 0.2) is 75.9 Å². The zero-order valence-electron chi connectivity index (χ0n) is 12.3. The molecule has 1 aromatic heterocycles. The third-order valence-corrected chi connectivity index (χ3v) is 4.12. The molecular formula is C20H14O3. The molecule has 0 saturated carbocycles. The molecule has 4 rings (SSSR count). The van der Waals surface area contributed by atoms with Crippen LogP contribution in [-0.4, -0.2) is 5.11 Å². The van der Waals surface area contributed by atoms with E-state index >= 15 is 0 Å². The Hall–Kier alpha value is -3.07. The minimum Gasteiger partial charge on any atom is -0.507 e. The fraction of sp³-hybridized carbons (Fsp3) is 0.0500. The highest BCUT2D eigenvalue weighted by atomic mass is 16.4. The highest BCUT2D eigenvalue weighted by molar-refractivity contribution is 5.87. The van der Waals surface area contributed by atoms with Crippen molar-refractivity contribution in [2.75, 3.05) is 0 Å². The van der Waals surface area contributed by atoms with Crippen LogP contribution in [0.2, 0.25) is 0 Å². The summed E-state index contributed by atoms with van der Waals surface area (Å²) < 4.78 is 5.34. The lowest BCUT2D eigenvalue weighted by molar-refractivity contribution is 0.459. The second kappa shape index (κ2) is 5.29. The van der Waals surface area contributed by atoms with E-state index in [0.29, 0.717) is 23.0 Å². The molecule has 23 heavy (non-hydrogen) atoms. The van der Waals surface area contributed by atoms with Crippen LogP contribution in [0.5, 0.6) is 5.75 Å². The van der Waals surface area contributed by atoms with Gasteiger partial charge in [0.2, 0.25) is 0 Å². The topological polar surface area (TPSA) is 50.4 Å². The number of hydrogen-bond acceptors (Lipinski definition) is 3. The Balaban J connectivity index is 1.91. The van der Waals surface area contributed by atoms with Crippen molar-refractivity contribution in [1.29, 1.82) is 0 Å². The Kier molecular flexibility index (Phi) is 3.12. The molecule has 3 aromatic carbocycles. The fourth-order valence-corrected chi connectivity index (χ4v) is 2.96. The molecule has 0 bridgehead atoms. The van der Waals surface area contributed by atoms with Crippen LogP contribution in [0.1, 0.15) is 11.1 Å². The molecule has 0 fully saturated rings. The Morgan fingerprint density at radius 2 is 1.52 bits per heavy atom. The van der Waals surface area contributed by atoms with Gasteiger partial charge in [-0.1, -0.05) is 54.6 Å². The van der Waals surface area contributed by atoms with Gasteiger partial charge in [0, 0.05) is 6.42 Å². The molecule has 1 N–H and O–H groups in total. The fourth-order valence-electron chi connectivity index (χ4n) is 2.96. The maximum atomic E-state index is 12.3. The van der Waals surface area contributed by atoms with E-state index < -0.39 is 5.63 Å². The van der Waals surface area contributed by atoms with Gasteiger partial charge in [0.05, 0.1) is 10.9 Å². The molecular weight excluding hydrogens is 288 g/mol. The Morgan fingerprint density at radius 3 is 2.39 bits per heavy atom. The van der Waals surface area contributed by atoms with Crippen LogP contribution in [0, 0.1) is 0 Å². The average molecular weight is 302 g/mol. The SMILES string of the molecule is O=c1oc2ccccc2c(O)c1Cc1cccc2ccccc12. The molecule has 0 amide bonds. The van der Waals surface area contributed by atoms with E-state index in [0.717, 1.165) is 16.3 Å². The highest BCUT2D eigenvalue weighted by Crippen LogP contribution is 2.29. The predicted molar refractivity (Wildman–Crippen MR) is 90.9 cm³/mol. The molecule has 0 spiro atoms. The lowest BCUT2D eigenvalue weighted by atomic mass is 9.98. The molecule has 3 heteroatoms. The zero-order valence-corrected chi connectivity index (χ0v) is 12.3. The number of para-hydroxylation sites is 1. The summed E-state index contributed by atoms with van der Waals surface area (Å²) in [5, 5.41) is 13.2. The summed E-state index contributed by atoms with van der Waals surface area (Å²) in [4.78, 5) is 12.3. The molecule has 112 valence electrons. The molecule has 0 saturated heterocycles. The molecule has 0 atom stereocenters. The highest BCUT2D eigenvalue weighted by Gasteiger charge is 2.15. The van der Waals surface area contributed by atoms with E-state index in [2.05, 4.69) is 0 Å². The van der Waals surface area contributed by atoms with Crippen LogP contribution in [-0.2, 0) is 6.42 Å². The van der Waals surface area contributed by atoms with Crippen molar-refractivity contribution in [2.45, 2.75) is 6.42 Å². The third-order valence-electron chi connectivity index (χ3n) is 4.12. The zero-order chi connectivity index (χ0) is 15.8. The first-order valence-electron chi connectivity index (χ1n) is 7.44. The minimum atomic E-state index is -0.492. The van der Waals surface area contributed by atoms with Crippen LogP contribution in [0.25, 0.3) is 21.7 Å². The minimum absolute atomic E-state index is 0.00443. The smallest absolute Gasteiger partial charge is 0.343 e. The van der Waals surface area contributed by atoms with Gasteiger partial charge in [-0.15, -0.1) is 0 Å². The van der Waals surface area contributed by atoms with Gasteiger partial charge in [0.25, 0.3) is 0 Å². The molecule has 0 radical (unpaired) electrons. The summed E-state index contributed by atoms with van der Waals surface area (Å²) >= 11 is 0. The van der Waals surface area contributed by atoms with Gasteiger partial charge >= 0.3 is 5.63 Å². The molecule has 0 aliphatic carbocycles. The summed E-state index contributed by atoms with van der Waals surface area (Å²) in [5.74, 6) is 0.00443. The van der Waals surface area contributed by atoms with Crippen molar-refractivity contribution in [3.05, 3.63) is 88.3 Å². The van der Waals surface area contributed by atoms with Crippen molar-refractivity contribution in [3.8, 4) is 5.75 Å². The van der Waals surface area contributed by atoms with E-state index in [9.17, 15) is 9.90 Å². The van der Waals surface area contributed by atoms with Crippen molar-refractivity contribution in [2.24, 2.45) is 0 Å². The van der Waals surface area contributed by atoms with Crippen LogP contribution in [0.3, 0.4) is 0 Å². The Morgan fingerprint density at radius 1 is 0.826 bits per heavy atom. The normalized spacial score (nSPS) is 11.1. The van der Waals surface area contributed by atoms with Gasteiger partial charge in [0.1, 0.15) is 11.3 Å². The van der Waals surface area contributed by atoms with Crippen molar-refractivity contribution in [3.63, 3.8) is 0 Å². The summed E-state index contributed by atoms with van der Waals surface area (Å²) in [6.45, 7) is 0. The molecule has 3 nitrogen and oxygen atoms in total. The van der Waals surface area contributed by atoms with E-state index in [1.165, 1.54) is 0 Å². The lowest BCUT2D eigenvalue weighted by Gasteiger charge is -2.09. The largest absolute Gasteiger partial charge is 0.507 e. The van der Waals surface area contributed by atoms with Gasteiger partial charge in [-0.25, -0.2) is 4.79 Å².